The minimum Gasteiger partial charge on any atom is -0.491 e. The van der Waals surface area contributed by atoms with Gasteiger partial charge in [-0.2, -0.15) is 0 Å². The Morgan fingerprint density at radius 1 is 1.00 bits per heavy atom. The van der Waals surface area contributed by atoms with Gasteiger partial charge in [0.05, 0.1) is 38.1 Å². The van der Waals surface area contributed by atoms with Crippen LogP contribution >= 0.6 is 11.6 Å². The molecule has 2 N–H and O–H groups in total. The molecule has 0 radical (unpaired) electrons. The summed E-state index contributed by atoms with van der Waals surface area (Å²) in [6, 6.07) is 3.66. The van der Waals surface area contributed by atoms with Crippen molar-refractivity contribution in [1.29, 1.82) is 0 Å². The lowest BCUT2D eigenvalue weighted by Crippen LogP contribution is -2.56. The number of carbonyl (C=O) groups excluding carboxylic acids is 4. The van der Waals surface area contributed by atoms with Crippen LogP contribution in [0, 0.1) is 17.8 Å². The molecule has 3 saturated carbocycles. The van der Waals surface area contributed by atoms with Crippen LogP contribution in [0.1, 0.15) is 96.6 Å². The topological polar surface area (TPSA) is 158 Å². The first-order valence-electron chi connectivity index (χ1n) is 22.1. The maximum atomic E-state index is 14.7. The fourth-order valence-electron chi connectivity index (χ4n) is 9.90. The van der Waals surface area contributed by atoms with Crippen molar-refractivity contribution >= 4 is 52.5 Å². The van der Waals surface area contributed by atoms with Crippen molar-refractivity contribution in [2.75, 3.05) is 53.1 Å². The lowest BCUT2D eigenvalue weighted by Gasteiger charge is -2.29. The number of nitrogens with one attached hydrogen (secondary N) is 2. The minimum atomic E-state index is -1.14. The molecule has 3 amide bonds. The normalized spacial score (nSPS) is 30.7. The highest BCUT2D eigenvalue weighted by molar-refractivity contribution is 6.36. The second-order valence-electron chi connectivity index (χ2n) is 18.0. The summed E-state index contributed by atoms with van der Waals surface area (Å²) >= 11 is 7.03. The van der Waals surface area contributed by atoms with E-state index in [1.807, 2.05) is 38.1 Å². The summed E-state index contributed by atoms with van der Waals surface area (Å²) in [4.78, 5) is 64.5. The van der Waals surface area contributed by atoms with Gasteiger partial charge in [0, 0.05) is 37.5 Å². The second-order valence-corrected chi connectivity index (χ2v) is 18.4. The number of fused-ring (bicyclic) bond motifs is 4. The van der Waals surface area contributed by atoms with Crippen molar-refractivity contribution in [2.24, 2.45) is 17.8 Å². The summed E-state index contributed by atoms with van der Waals surface area (Å²) in [5, 5.41) is 6.98. The van der Waals surface area contributed by atoms with E-state index in [1.54, 1.807) is 0 Å². The molecular formula is C45H60ClN5O9. The molecule has 1 aromatic heterocycles. The average molecular weight is 850 g/mol. The quantitative estimate of drug-likeness (QED) is 0.268. The Balaban J connectivity index is 1.06. The molecule has 6 aliphatic rings. The number of methoxy groups -OCH3 is 1. The number of halogens is 1. The predicted octanol–water partition coefficient (Wildman–Crippen LogP) is 6.06. The lowest BCUT2D eigenvalue weighted by atomic mass is 10.0. The van der Waals surface area contributed by atoms with Gasteiger partial charge in [-0.1, -0.05) is 49.3 Å². The highest BCUT2D eigenvalue weighted by Gasteiger charge is 2.62. The SMILES string of the molecule is COC(=O)[C@@]12C[C@H]1CCCCCCC[C@H](NC(=O)O[C@@H]1C[C@@H]3C[C@@H]3C1)C(=O)N1C[C@H](Oc3cc(C=C(C)C)nc4c(Cl)c(OCCN5CCOCC5)ccc34)C[C@H]1C(=O)N2. The second kappa shape index (κ2) is 18.5. The largest absolute Gasteiger partial charge is 0.491 e. The van der Waals surface area contributed by atoms with E-state index >= 15 is 0 Å². The molecule has 15 heteroatoms. The van der Waals surface area contributed by atoms with Gasteiger partial charge >= 0.3 is 12.1 Å². The highest BCUT2D eigenvalue weighted by Crippen LogP contribution is 2.52. The zero-order valence-corrected chi connectivity index (χ0v) is 35.9. The molecule has 3 saturated heterocycles. The number of hydrogen-bond donors (Lipinski definition) is 2. The maximum absolute atomic E-state index is 14.7. The lowest BCUT2D eigenvalue weighted by molar-refractivity contribution is -0.148. The van der Waals surface area contributed by atoms with Crippen molar-refractivity contribution in [3.63, 3.8) is 0 Å². The molecule has 0 bridgehead atoms. The third kappa shape index (κ3) is 9.65. The monoisotopic (exact) mass is 849 g/mol. The minimum absolute atomic E-state index is 0.0443. The molecule has 3 aliphatic carbocycles. The highest BCUT2D eigenvalue weighted by atomic mass is 35.5. The van der Waals surface area contributed by atoms with E-state index in [2.05, 4.69) is 15.5 Å². The van der Waals surface area contributed by atoms with Crippen LogP contribution in [-0.2, 0) is 28.6 Å². The Labute approximate surface area is 357 Å². The Morgan fingerprint density at radius 2 is 1.75 bits per heavy atom. The van der Waals surface area contributed by atoms with E-state index in [0.29, 0.717) is 77.6 Å². The van der Waals surface area contributed by atoms with E-state index in [4.69, 9.17) is 40.3 Å². The van der Waals surface area contributed by atoms with E-state index < -0.39 is 41.7 Å². The van der Waals surface area contributed by atoms with E-state index in [1.165, 1.54) is 18.4 Å². The third-order valence-electron chi connectivity index (χ3n) is 13.3. The van der Waals surface area contributed by atoms with Crippen LogP contribution in [0.5, 0.6) is 11.5 Å². The summed E-state index contributed by atoms with van der Waals surface area (Å²) in [6.07, 6.45) is 9.79. The van der Waals surface area contributed by atoms with Crippen LogP contribution in [0.4, 0.5) is 4.79 Å². The van der Waals surface area contributed by atoms with Crippen LogP contribution in [0.2, 0.25) is 5.02 Å². The van der Waals surface area contributed by atoms with Crippen LogP contribution < -0.4 is 20.1 Å². The first kappa shape index (κ1) is 42.5. The summed E-state index contributed by atoms with van der Waals surface area (Å²) in [5.74, 6) is 0.930. The fraction of sp³-hybridized carbons (Fsp3) is 0.667. The summed E-state index contributed by atoms with van der Waals surface area (Å²) in [6.45, 7) is 8.34. The van der Waals surface area contributed by atoms with E-state index in [0.717, 1.165) is 76.6 Å². The molecule has 0 unspecified atom stereocenters. The number of hydrogen-bond acceptors (Lipinski definition) is 11. The zero-order valence-electron chi connectivity index (χ0n) is 35.2. The number of ether oxygens (including phenoxy) is 5. The molecule has 2 aromatic rings. The van der Waals surface area contributed by atoms with Crippen LogP contribution in [0.15, 0.2) is 23.8 Å². The number of alkyl carbamates (subject to hydrolysis) is 1. The number of benzene rings is 1. The number of amides is 3. The van der Waals surface area contributed by atoms with Crippen LogP contribution in [0.25, 0.3) is 17.0 Å². The summed E-state index contributed by atoms with van der Waals surface area (Å²) in [5.41, 5.74) is 1.03. The molecule has 60 heavy (non-hydrogen) atoms. The van der Waals surface area contributed by atoms with Crippen LogP contribution in [0.3, 0.4) is 0 Å². The Hall–Kier alpha value is -4.14. The number of allylic oxidation sites excluding steroid dienone is 1. The number of esters is 1. The van der Waals surface area contributed by atoms with Crippen molar-refractivity contribution < 1.29 is 42.9 Å². The van der Waals surface area contributed by atoms with Gasteiger partial charge in [-0.3, -0.25) is 14.5 Å². The molecule has 4 heterocycles. The maximum Gasteiger partial charge on any atom is 0.408 e. The van der Waals surface area contributed by atoms with Gasteiger partial charge in [-0.15, -0.1) is 0 Å². The molecule has 6 fully saturated rings. The van der Waals surface area contributed by atoms with E-state index in [9.17, 15) is 19.2 Å². The van der Waals surface area contributed by atoms with Crippen molar-refractivity contribution in [2.45, 2.75) is 121 Å². The molecule has 8 atom stereocenters. The summed E-state index contributed by atoms with van der Waals surface area (Å²) in [7, 11) is 1.34. The number of rotatable bonds is 10. The van der Waals surface area contributed by atoms with Gasteiger partial charge in [-0.05, 0) is 88.3 Å². The number of nitrogens with zero attached hydrogens (tertiary/aromatic N) is 3. The van der Waals surface area contributed by atoms with Crippen molar-refractivity contribution in [3.05, 3.63) is 34.5 Å². The number of aromatic nitrogens is 1. The molecule has 8 rings (SSSR count). The Bertz CT molecular complexity index is 1960. The number of pyridine rings is 1. The Morgan fingerprint density at radius 3 is 2.50 bits per heavy atom. The van der Waals surface area contributed by atoms with Crippen molar-refractivity contribution in [3.8, 4) is 11.5 Å². The van der Waals surface area contributed by atoms with Gasteiger partial charge in [0.1, 0.15) is 53.0 Å². The van der Waals surface area contributed by atoms with Crippen LogP contribution in [-0.4, -0.2) is 122 Å². The zero-order chi connectivity index (χ0) is 42.0. The van der Waals surface area contributed by atoms with E-state index in [-0.39, 0.29) is 30.9 Å². The van der Waals surface area contributed by atoms with Crippen molar-refractivity contribution in [1.82, 2.24) is 25.4 Å². The first-order chi connectivity index (χ1) is 29.0. The van der Waals surface area contributed by atoms with Gasteiger partial charge in [0.15, 0.2) is 0 Å². The first-order valence-corrected chi connectivity index (χ1v) is 22.4. The number of morpholine rings is 1. The smallest absolute Gasteiger partial charge is 0.408 e. The molecular weight excluding hydrogens is 790 g/mol. The third-order valence-corrected chi connectivity index (χ3v) is 13.7. The average Bonchev–Trinajstić information content (AvgIpc) is 4.02. The standard InChI is InChI=1S/C45H60ClN5O9/c1-27(2)19-31-23-38(34-11-12-37(39(46)40(34)47-31)58-18-15-50-13-16-57-17-14-50)59-33-24-36-41(52)49-45(43(54)56-3)25-30(45)9-7-5-4-6-8-10-35(42(53)51(36)26-33)48-44(55)60-32-21-28-20-29(28)22-32/h11-12,19,23,28-30,32-33,35-36H,4-10,13-18,20-22,24-26H2,1-3H3,(H,48,55)(H,49,52)/t28-,29+,30-,32+,33-,35+,36+,45-/m1/s1. The Kier molecular flexibility index (Phi) is 13.1. The molecule has 1 aromatic carbocycles. The number of carbonyl (C=O) groups is 4. The van der Waals surface area contributed by atoms with Gasteiger partial charge in [0.2, 0.25) is 11.8 Å². The molecule has 3 aliphatic heterocycles. The molecule has 0 spiro atoms. The van der Waals surface area contributed by atoms with Gasteiger partial charge < -0.3 is 39.2 Å². The fourth-order valence-corrected chi connectivity index (χ4v) is 10.2. The van der Waals surface area contributed by atoms with Gasteiger partial charge in [0.25, 0.3) is 0 Å². The molecule has 326 valence electrons. The summed E-state index contributed by atoms with van der Waals surface area (Å²) < 4.78 is 29.5. The predicted molar refractivity (Wildman–Crippen MR) is 225 cm³/mol. The molecule has 14 nitrogen and oxygen atoms in total. The van der Waals surface area contributed by atoms with Gasteiger partial charge in [-0.25, -0.2) is 14.6 Å².